The van der Waals surface area contributed by atoms with Crippen molar-refractivity contribution < 1.29 is 0 Å². The van der Waals surface area contributed by atoms with E-state index >= 15 is 0 Å². The van der Waals surface area contributed by atoms with Gasteiger partial charge in [-0.1, -0.05) is 13.8 Å². The number of nitrogens with zero attached hydrogens (tertiary/aromatic N) is 3. The van der Waals surface area contributed by atoms with Crippen LogP contribution in [0, 0.1) is 5.92 Å². The number of anilines is 2. The summed E-state index contributed by atoms with van der Waals surface area (Å²) < 4.78 is 0. The molecule has 0 saturated carbocycles. The highest BCUT2D eigenvalue weighted by Gasteiger charge is 2.08. The summed E-state index contributed by atoms with van der Waals surface area (Å²) in [7, 11) is 0. The zero-order chi connectivity index (χ0) is 11.3. The maximum atomic E-state index is 4.24. The topological polar surface area (TPSA) is 62.7 Å². The smallest absolute Gasteiger partial charge is 0.227 e. The Bertz CT molecular complexity index is 300. The summed E-state index contributed by atoms with van der Waals surface area (Å²) in [6.45, 7) is 9.24. The molecule has 84 valence electrons. The first kappa shape index (κ1) is 11.7. The minimum Gasteiger partial charge on any atom is -0.354 e. The Morgan fingerprint density at radius 1 is 1.20 bits per heavy atom. The van der Waals surface area contributed by atoms with Crippen molar-refractivity contribution in [3.05, 3.63) is 6.33 Å². The number of rotatable bonds is 5. The van der Waals surface area contributed by atoms with E-state index in [2.05, 4.69) is 46.4 Å². The van der Waals surface area contributed by atoms with E-state index in [1.54, 1.807) is 0 Å². The van der Waals surface area contributed by atoms with Crippen LogP contribution in [-0.4, -0.2) is 27.5 Å². The number of nitrogens with one attached hydrogen (secondary N) is 2. The highest BCUT2D eigenvalue weighted by molar-refractivity contribution is 5.33. The second-order valence-electron chi connectivity index (χ2n) is 3.84. The van der Waals surface area contributed by atoms with Crippen LogP contribution in [0.25, 0.3) is 0 Å². The first-order chi connectivity index (χ1) is 7.13. The van der Waals surface area contributed by atoms with Crippen molar-refractivity contribution in [2.24, 2.45) is 5.92 Å². The Morgan fingerprint density at radius 3 is 2.47 bits per heavy atom. The van der Waals surface area contributed by atoms with Gasteiger partial charge >= 0.3 is 0 Å². The summed E-state index contributed by atoms with van der Waals surface area (Å²) in [6.07, 6.45) is 1.51. The van der Waals surface area contributed by atoms with Gasteiger partial charge < -0.3 is 10.6 Å². The molecule has 1 rings (SSSR count). The first-order valence-electron chi connectivity index (χ1n) is 5.33. The average Bonchev–Trinajstić information content (AvgIpc) is 2.18. The van der Waals surface area contributed by atoms with Crippen LogP contribution in [0.4, 0.5) is 11.9 Å². The third-order valence-corrected chi connectivity index (χ3v) is 2.26. The minimum absolute atomic E-state index is 0.349. The summed E-state index contributed by atoms with van der Waals surface area (Å²) in [4.78, 5) is 12.3. The van der Waals surface area contributed by atoms with Crippen LogP contribution >= 0.6 is 0 Å². The van der Waals surface area contributed by atoms with Crippen molar-refractivity contribution >= 4 is 11.9 Å². The molecule has 1 atom stereocenters. The summed E-state index contributed by atoms with van der Waals surface area (Å²) in [5, 5.41) is 6.29. The highest BCUT2D eigenvalue weighted by atomic mass is 15.2. The quantitative estimate of drug-likeness (QED) is 0.773. The van der Waals surface area contributed by atoms with Crippen molar-refractivity contribution in [3.63, 3.8) is 0 Å². The molecule has 1 aromatic heterocycles. The third-order valence-electron chi connectivity index (χ3n) is 2.26. The molecule has 0 amide bonds. The van der Waals surface area contributed by atoms with E-state index in [0.29, 0.717) is 23.9 Å². The van der Waals surface area contributed by atoms with E-state index in [9.17, 15) is 0 Å². The van der Waals surface area contributed by atoms with E-state index in [1.807, 2.05) is 6.92 Å². The fraction of sp³-hybridized carbons (Fsp3) is 0.700. The van der Waals surface area contributed by atoms with Gasteiger partial charge in [-0.05, 0) is 19.8 Å². The molecule has 0 radical (unpaired) electrons. The summed E-state index contributed by atoms with van der Waals surface area (Å²) >= 11 is 0. The van der Waals surface area contributed by atoms with Gasteiger partial charge in [0.1, 0.15) is 6.33 Å². The predicted molar refractivity (Wildman–Crippen MR) is 61.9 cm³/mol. The van der Waals surface area contributed by atoms with Gasteiger partial charge in [0.05, 0.1) is 0 Å². The van der Waals surface area contributed by atoms with Crippen LogP contribution in [-0.2, 0) is 0 Å². The largest absolute Gasteiger partial charge is 0.354 e. The van der Waals surface area contributed by atoms with Crippen molar-refractivity contribution in [2.45, 2.75) is 33.7 Å². The van der Waals surface area contributed by atoms with Crippen LogP contribution in [0.2, 0.25) is 0 Å². The maximum absolute atomic E-state index is 4.24. The summed E-state index contributed by atoms with van der Waals surface area (Å²) in [5.74, 6) is 1.79. The maximum Gasteiger partial charge on any atom is 0.227 e. The molecule has 0 spiro atoms. The Kier molecular flexibility index (Phi) is 4.27. The molecule has 0 saturated heterocycles. The zero-order valence-electron chi connectivity index (χ0n) is 9.78. The monoisotopic (exact) mass is 209 g/mol. The van der Waals surface area contributed by atoms with Crippen LogP contribution in [0.1, 0.15) is 27.7 Å². The molecule has 0 aliphatic rings. The second kappa shape index (κ2) is 5.48. The lowest BCUT2D eigenvalue weighted by molar-refractivity contribution is 0.556. The third kappa shape index (κ3) is 3.69. The van der Waals surface area contributed by atoms with Crippen LogP contribution in [0.3, 0.4) is 0 Å². The molecule has 0 fully saturated rings. The molecule has 0 aromatic carbocycles. The van der Waals surface area contributed by atoms with Crippen molar-refractivity contribution in [2.75, 3.05) is 17.2 Å². The summed E-state index contributed by atoms with van der Waals surface area (Å²) in [5.41, 5.74) is 0. The lowest BCUT2D eigenvalue weighted by atomic mass is 10.1. The molecule has 0 bridgehead atoms. The lowest BCUT2D eigenvalue weighted by Gasteiger charge is -2.17. The molecule has 2 N–H and O–H groups in total. The Balaban J connectivity index is 2.64. The highest BCUT2D eigenvalue weighted by Crippen LogP contribution is 2.08. The van der Waals surface area contributed by atoms with Gasteiger partial charge in [-0.3, -0.25) is 0 Å². The normalized spacial score (nSPS) is 12.6. The second-order valence-corrected chi connectivity index (χ2v) is 3.84. The fourth-order valence-corrected chi connectivity index (χ4v) is 0.979. The Labute approximate surface area is 90.7 Å². The van der Waals surface area contributed by atoms with Crippen LogP contribution in [0.5, 0.6) is 0 Å². The summed E-state index contributed by atoms with van der Waals surface area (Å²) in [6, 6.07) is 0.349. The molecular formula is C10H19N5. The number of hydrogen-bond acceptors (Lipinski definition) is 5. The van der Waals surface area contributed by atoms with Gasteiger partial charge in [-0.2, -0.15) is 4.98 Å². The van der Waals surface area contributed by atoms with Gasteiger partial charge in [-0.15, -0.1) is 0 Å². The number of hydrogen-bond donors (Lipinski definition) is 2. The molecular weight excluding hydrogens is 190 g/mol. The first-order valence-corrected chi connectivity index (χ1v) is 5.33. The molecule has 0 aliphatic carbocycles. The van der Waals surface area contributed by atoms with Gasteiger partial charge in [-0.25, -0.2) is 9.97 Å². The number of aromatic nitrogens is 3. The standard InChI is InChI=1S/C10H19N5/c1-5-11-9-12-6-13-10(15-9)14-8(4)7(2)3/h6-8H,5H2,1-4H3,(H2,11,12,13,14,15). The van der Waals surface area contributed by atoms with Crippen molar-refractivity contribution in [1.29, 1.82) is 0 Å². The molecule has 1 heterocycles. The van der Waals surface area contributed by atoms with E-state index in [4.69, 9.17) is 0 Å². The van der Waals surface area contributed by atoms with Gasteiger partial charge in [0, 0.05) is 12.6 Å². The molecule has 5 heteroatoms. The fourth-order valence-electron chi connectivity index (χ4n) is 0.979. The van der Waals surface area contributed by atoms with Crippen LogP contribution < -0.4 is 10.6 Å². The zero-order valence-corrected chi connectivity index (χ0v) is 9.78. The van der Waals surface area contributed by atoms with E-state index in [-0.39, 0.29) is 0 Å². The van der Waals surface area contributed by atoms with E-state index in [0.717, 1.165) is 6.54 Å². The van der Waals surface area contributed by atoms with Gasteiger partial charge in [0.2, 0.25) is 11.9 Å². The van der Waals surface area contributed by atoms with Crippen molar-refractivity contribution in [1.82, 2.24) is 15.0 Å². The molecule has 1 aromatic rings. The molecule has 5 nitrogen and oxygen atoms in total. The molecule has 15 heavy (non-hydrogen) atoms. The lowest BCUT2D eigenvalue weighted by Crippen LogP contribution is -2.23. The SMILES string of the molecule is CCNc1ncnc(NC(C)C(C)C)n1. The Morgan fingerprint density at radius 2 is 1.87 bits per heavy atom. The predicted octanol–water partition coefficient (Wildman–Crippen LogP) is 1.76. The van der Waals surface area contributed by atoms with E-state index in [1.165, 1.54) is 6.33 Å². The minimum atomic E-state index is 0.349. The van der Waals surface area contributed by atoms with Crippen molar-refractivity contribution in [3.8, 4) is 0 Å². The Hall–Kier alpha value is -1.39. The molecule has 0 aliphatic heterocycles. The van der Waals surface area contributed by atoms with Gasteiger partial charge in [0.15, 0.2) is 0 Å². The van der Waals surface area contributed by atoms with Gasteiger partial charge in [0.25, 0.3) is 0 Å². The van der Waals surface area contributed by atoms with E-state index < -0.39 is 0 Å². The van der Waals surface area contributed by atoms with Crippen LogP contribution in [0.15, 0.2) is 6.33 Å². The molecule has 1 unspecified atom stereocenters. The average molecular weight is 209 g/mol.